The molecule has 9 heteroatoms. The quantitative estimate of drug-likeness (QED) is 0.668. The van der Waals surface area contributed by atoms with Crippen molar-refractivity contribution in [2.75, 3.05) is 0 Å². The van der Waals surface area contributed by atoms with Gasteiger partial charge in [0.1, 0.15) is 0 Å². The minimum absolute atomic E-state index is 0.265. The number of nitrogens with zero attached hydrogens (tertiary/aromatic N) is 3. The van der Waals surface area contributed by atoms with Crippen molar-refractivity contribution in [1.29, 1.82) is 0 Å². The Hall–Kier alpha value is -1.97. The first kappa shape index (κ1) is 19.8. The molecule has 0 unspecified atom stereocenters. The summed E-state index contributed by atoms with van der Waals surface area (Å²) >= 11 is 1.38. The molecule has 0 saturated carbocycles. The lowest BCUT2D eigenvalue weighted by atomic mass is 10.1. The van der Waals surface area contributed by atoms with Gasteiger partial charge in [-0.25, -0.2) is 13.1 Å². The Morgan fingerprint density at radius 3 is 2.52 bits per heavy atom. The van der Waals surface area contributed by atoms with E-state index in [1.165, 1.54) is 11.3 Å². The highest BCUT2D eigenvalue weighted by Crippen LogP contribution is 2.34. The smallest absolute Gasteiger partial charge is 0.242 e. The molecule has 0 saturated heterocycles. The molecule has 3 heterocycles. The molecule has 0 bridgehead atoms. The summed E-state index contributed by atoms with van der Waals surface area (Å²) in [6.45, 7) is 12.1. The van der Waals surface area contributed by atoms with Crippen molar-refractivity contribution in [3.05, 3.63) is 39.7 Å². The Kier molecular flexibility index (Phi) is 5.29. The van der Waals surface area contributed by atoms with Crippen LogP contribution < -0.4 is 4.72 Å². The van der Waals surface area contributed by atoms with Gasteiger partial charge in [0, 0.05) is 34.8 Å². The topological polar surface area (TPSA) is 90.0 Å². The molecule has 0 spiro atoms. The van der Waals surface area contributed by atoms with E-state index >= 15 is 0 Å². The minimum Gasteiger partial charge on any atom is -0.355 e. The average molecular weight is 409 g/mol. The van der Waals surface area contributed by atoms with Gasteiger partial charge < -0.3 is 4.52 Å². The molecule has 146 valence electrons. The molecule has 3 rings (SSSR count). The molecule has 27 heavy (non-hydrogen) atoms. The van der Waals surface area contributed by atoms with E-state index in [1.807, 2.05) is 39.3 Å². The second-order valence-corrected chi connectivity index (χ2v) is 9.55. The summed E-state index contributed by atoms with van der Waals surface area (Å²) < 4.78 is 36.0. The van der Waals surface area contributed by atoms with Crippen molar-refractivity contribution in [3.63, 3.8) is 0 Å². The summed E-state index contributed by atoms with van der Waals surface area (Å²) in [5.41, 5.74) is 3.49. The van der Waals surface area contributed by atoms with Gasteiger partial charge in [0.25, 0.3) is 0 Å². The molecular formula is C18H24N4O3S2. The summed E-state index contributed by atoms with van der Waals surface area (Å²) in [4.78, 5) is 1.71. The van der Waals surface area contributed by atoms with Gasteiger partial charge in [-0.05, 0) is 47.6 Å². The third-order valence-electron chi connectivity index (χ3n) is 4.53. The Bertz CT molecular complexity index is 1080. The van der Waals surface area contributed by atoms with Crippen LogP contribution in [0, 0.1) is 27.7 Å². The number of hydrogen-bond acceptors (Lipinski definition) is 6. The van der Waals surface area contributed by atoms with E-state index in [2.05, 4.69) is 15.0 Å². The molecule has 1 atom stereocenters. The van der Waals surface area contributed by atoms with Gasteiger partial charge in [-0.3, -0.25) is 4.68 Å². The fourth-order valence-electron chi connectivity index (χ4n) is 3.33. The number of thiophene rings is 1. The van der Waals surface area contributed by atoms with Crippen LogP contribution in [-0.4, -0.2) is 23.4 Å². The lowest BCUT2D eigenvalue weighted by molar-refractivity contribution is 0.428. The molecule has 0 aliphatic heterocycles. The zero-order valence-electron chi connectivity index (χ0n) is 16.3. The third-order valence-corrected chi connectivity index (χ3v) is 7.40. The van der Waals surface area contributed by atoms with Crippen molar-refractivity contribution in [3.8, 4) is 10.6 Å². The Morgan fingerprint density at radius 2 is 1.96 bits per heavy atom. The van der Waals surface area contributed by atoms with Crippen LogP contribution in [0.3, 0.4) is 0 Å². The highest BCUT2D eigenvalue weighted by atomic mass is 32.2. The van der Waals surface area contributed by atoms with Crippen molar-refractivity contribution >= 4 is 21.4 Å². The van der Waals surface area contributed by atoms with Crippen molar-refractivity contribution < 1.29 is 12.9 Å². The lowest BCUT2D eigenvalue weighted by Gasteiger charge is -2.15. The van der Waals surface area contributed by atoms with Crippen molar-refractivity contribution in [1.82, 2.24) is 19.7 Å². The number of aromatic nitrogens is 3. The monoisotopic (exact) mass is 408 g/mol. The van der Waals surface area contributed by atoms with Crippen molar-refractivity contribution in [2.45, 2.75) is 59.0 Å². The number of nitrogens with one attached hydrogen (secondary N) is 1. The van der Waals surface area contributed by atoms with E-state index in [-0.39, 0.29) is 10.9 Å². The molecule has 0 radical (unpaired) electrons. The molecule has 0 aromatic carbocycles. The minimum atomic E-state index is -3.69. The first-order valence-corrected chi connectivity index (χ1v) is 11.0. The van der Waals surface area contributed by atoms with Crippen LogP contribution in [-0.2, 0) is 16.6 Å². The molecule has 3 aromatic heterocycles. The largest absolute Gasteiger partial charge is 0.355 e. The molecule has 0 aliphatic carbocycles. The van der Waals surface area contributed by atoms with Gasteiger partial charge in [-0.1, -0.05) is 5.16 Å². The first-order chi connectivity index (χ1) is 12.6. The zero-order valence-corrected chi connectivity index (χ0v) is 18.0. The highest BCUT2D eigenvalue weighted by Gasteiger charge is 2.26. The van der Waals surface area contributed by atoms with E-state index < -0.39 is 10.0 Å². The summed E-state index contributed by atoms with van der Waals surface area (Å²) in [5, 5.41) is 8.35. The Morgan fingerprint density at radius 1 is 1.26 bits per heavy atom. The van der Waals surface area contributed by atoms with E-state index in [1.54, 1.807) is 19.1 Å². The fourth-order valence-corrected chi connectivity index (χ4v) is 6.09. The SMILES string of the molecule is CCn1nc(C)c([C@H](C)NS(=O)(=O)c2cc(-c3cc(C)no3)sc2C)c1C. The Balaban J connectivity index is 1.91. The van der Waals surface area contributed by atoms with E-state index in [9.17, 15) is 8.42 Å². The molecule has 0 aliphatic rings. The van der Waals surface area contributed by atoms with Crippen LogP contribution in [0.15, 0.2) is 21.6 Å². The predicted molar refractivity (Wildman–Crippen MR) is 105 cm³/mol. The number of hydrogen-bond donors (Lipinski definition) is 1. The maximum Gasteiger partial charge on any atom is 0.242 e. The summed E-state index contributed by atoms with van der Waals surface area (Å²) in [6, 6.07) is 3.05. The zero-order chi connectivity index (χ0) is 19.9. The van der Waals surface area contributed by atoms with E-state index in [4.69, 9.17) is 4.52 Å². The van der Waals surface area contributed by atoms with Crippen molar-refractivity contribution in [2.24, 2.45) is 0 Å². The van der Waals surface area contributed by atoms with Gasteiger partial charge in [0.15, 0.2) is 5.76 Å². The van der Waals surface area contributed by atoms with Crippen LogP contribution in [0.4, 0.5) is 0 Å². The van der Waals surface area contributed by atoms with E-state index in [0.29, 0.717) is 10.6 Å². The summed E-state index contributed by atoms with van der Waals surface area (Å²) in [6.07, 6.45) is 0. The highest BCUT2D eigenvalue weighted by molar-refractivity contribution is 7.89. The van der Waals surface area contributed by atoms with E-state index in [0.717, 1.165) is 34.1 Å². The predicted octanol–water partition coefficient (Wildman–Crippen LogP) is 3.89. The molecule has 3 aromatic rings. The van der Waals surface area contributed by atoms with Gasteiger partial charge in [-0.15, -0.1) is 11.3 Å². The van der Waals surface area contributed by atoms with Gasteiger partial charge >= 0.3 is 0 Å². The molecule has 0 fully saturated rings. The number of sulfonamides is 1. The van der Waals surface area contributed by atoms with Crippen LogP contribution in [0.1, 0.15) is 47.4 Å². The number of rotatable bonds is 6. The van der Waals surface area contributed by atoms with Crippen LogP contribution >= 0.6 is 11.3 Å². The summed E-state index contributed by atoms with van der Waals surface area (Å²) in [7, 11) is -3.69. The fraction of sp³-hybridized carbons (Fsp3) is 0.444. The van der Waals surface area contributed by atoms with Gasteiger partial charge in [0.05, 0.1) is 21.2 Å². The summed E-state index contributed by atoms with van der Waals surface area (Å²) in [5.74, 6) is 0.575. The Labute approximate surface area is 163 Å². The third kappa shape index (κ3) is 3.71. The molecule has 7 nitrogen and oxygen atoms in total. The van der Waals surface area contributed by atoms with Crippen LogP contribution in [0.5, 0.6) is 0 Å². The van der Waals surface area contributed by atoms with Gasteiger partial charge in [-0.2, -0.15) is 5.10 Å². The van der Waals surface area contributed by atoms with Crippen LogP contribution in [0.25, 0.3) is 10.6 Å². The maximum absolute atomic E-state index is 13.0. The normalized spacial score (nSPS) is 13.3. The standard InChI is InChI=1S/C18H24N4O3S2/c1-7-22-13(5)18(11(3)19-22)12(4)21-27(23,24)17-9-16(26-14(17)6)15-8-10(2)20-25-15/h8-9,12,21H,7H2,1-6H3/t12-/m0/s1. The maximum atomic E-state index is 13.0. The second-order valence-electron chi connectivity index (χ2n) is 6.61. The number of aryl methyl sites for hydroxylation is 4. The second kappa shape index (κ2) is 7.21. The molecule has 0 amide bonds. The average Bonchev–Trinajstić information content (AvgIpc) is 3.24. The molecular weight excluding hydrogens is 384 g/mol. The first-order valence-electron chi connectivity index (χ1n) is 8.74. The van der Waals surface area contributed by atoms with Gasteiger partial charge in [0.2, 0.25) is 10.0 Å². The molecule has 1 N–H and O–H groups in total. The lowest BCUT2D eigenvalue weighted by Crippen LogP contribution is -2.27. The van der Waals surface area contributed by atoms with Crippen LogP contribution in [0.2, 0.25) is 0 Å².